The highest BCUT2D eigenvalue weighted by atomic mass is 19.4. The molecule has 3 N–H and O–H groups in total. The van der Waals surface area contributed by atoms with Crippen LogP contribution in [0.5, 0.6) is 0 Å². The minimum absolute atomic E-state index is 0.0839. The standard InChI is InChI=1S/C29H39F3N4O/c1-4-6-7-11-15-24(12-5-2)35-27(29(30,31)32)26(20-33)34-25-18-16-22(17-19-25)21-36(3)28(37)23-13-9-8-10-14-23/h5,7,11-12,15-20,23,34H,4,6,8-10,13-14,21,33H2,1-3H3/b11-7-,12-5-,24-15+,26-20+,35-27+. The van der Waals surface area contributed by atoms with Crippen molar-refractivity contribution < 1.29 is 18.0 Å². The van der Waals surface area contributed by atoms with Crippen LogP contribution in [0.2, 0.25) is 0 Å². The molecule has 0 bridgehead atoms. The van der Waals surface area contributed by atoms with Gasteiger partial charge in [0.05, 0.1) is 11.4 Å². The summed E-state index contributed by atoms with van der Waals surface area (Å²) in [7, 11) is 1.79. The van der Waals surface area contributed by atoms with Gasteiger partial charge in [0.1, 0.15) is 0 Å². The summed E-state index contributed by atoms with van der Waals surface area (Å²) >= 11 is 0. The molecule has 0 aliphatic heterocycles. The van der Waals surface area contributed by atoms with Crippen LogP contribution in [0.15, 0.2) is 77.2 Å². The maximum Gasteiger partial charge on any atom is 0.435 e. The molecule has 0 radical (unpaired) electrons. The molecule has 0 unspecified atom stereocenters. The Morgan fingerprint density at radius 3 is 2.43 bits per heavy atom. The molecule has 0 aromatic heterocycles. The van der Waals surface area contributed by atoms with E-state index in [2.05, 4.69) is 10.3 Å². The summed E-state index contributed by atoms with van der Waals surface area (Å²) in [6.07, 6.45) is 11.4. The first-order valence-corrected chi connectivity index (χ1v) is 12.9. The van der Waals surface area contributed by atoms with Crippen LogP contribution in [0, 0.1) is 5.92 Å². The molecular weight excluding hydrogens is 477 g/mol. The summed E-state index contributed by atoms with van der Waals surface area (Å²) in [6.45, 7) is 4.17. The van der Waals surface area contributed by atoms with E-state index < -0.39 is 11.9 Å². The van der Waals surface area contributed by atoms with Crippen LogP contribution in [-0.2, 0) is 11.3 Å². The van der Waals surface area contributed by atoms with Gasteiger partial charge in [-0.1, -0.05) is 63.0 Å². The highest BCUT2D eigenvalue weighted by molar-refractivity contribution is 6.06. The van der Waals surface area contributed by atoms with Gasteiger partial charge in [0, 0.05) is 31.4 Å². The van der Waals surface area contributed by atoms with E-state index >= 15 is 0 Å². The maximum absolute atomic E-state index is 14.0. The molecule has 1 aliphatic rings. The van der Waals surface area contributed by atoms with Gasteiger partial charge < -0.3 is 16.0 Å². The minimum Gasteiger partial charge on any atom is -0.403 e. The second-order valence-corrected chi connectivity index (χ2v) is 9.20. The average Bonchev–Trinajstić information content (AvgIpc) is 2.88. The number of nitrogens with two attached hydrogens (primary N) is 1. The van der Waals surface area contributed by atoms with E-state index in [1.165, 1.54) is 18.6 Å². The molecule has 1 saturated carbocycles. The van der Waals surface area contributed by atoms with Gasteiger partial charge in [-0.05, 0) is 56.0 Å². The number of carbonyl (C=O) groups is 1. The van der Waals surface area contributed by atoms with Crippen LogP contribution in [0.1, 0.15) is 64.4 Å². The molecule has 0 saturated heterocycles. The van der Waals surface area contributed by atoms with Crippen molar-refractivity contribution in [3.8, 4) is 0 Å². The van der Waals surface area contributed by atoms with E-state index in [1.807, 2.05) is 13.0 Å². The Morgan fingerprint density at radius 2 is 1.86 bits per heavy atom. The van der Waals surface area contributed by atoms with Gasteiger partial charge in [0.15, 0.2) is 5.71 Å². The third-order valence-corrected chi connectivity index (χ3v) is 6.11. The van der Waals surface area contributed by atoms with Crippen molar-refractivity contribution in [1.29, 1.82) is 0 Å². The largest absolute Gasteiger partial charge is 0.435 e. The Balaban J connectivity index is 2.17. The van der Waals surface area contributed by atoms with Crippen LogP contribution in [0.25, 0.3) is 0 Å². The number of nitrogens with zero attached hydrogens (tertiary/aromatic N) is 2. The number of rotatable bonds is 11. The molecule has 37 heavy (non-hydrogen) atoms. The Kier molecular flexibility index (Phi) is 12.2. The highest BCUT2D eigenvalue weighted by Gasteiger charge is 2.38. The van der Waals surface area contributed by atoms with Gasteiger partial charge in [-0.2, -0.15) is 13.2 Å². The lowest BCUT2D eigenvalue weighted by Gasteiger charge is -2.26. The van der Waals surface area contributed by atoms with Gasteiger partial charge in [0.2, 0.25) is 5.91 Å². The Hall–Kier alpha value is -3.29. The summed E-state index contributed by atoms with van der Waals surface area (Å²) < 4.78 is 41.9. The third kappa shape index (κ3) is 9.94. The number of anilines is 1. The smallest absolute Gasteiger partial charge is 0.403 e. The molecule has 1 aromatic rings. The predicted molar refractivity (Wildman–Crippen MR) is 146 cm³/mol. The number of alkyl halides is 3. The molecule has 5 nitrogen and oxygen atoms in total. The van der Waals surface area contributed by atoms with Crippen molar-refractivity contribution in [2.75, 3.05) is 12.4 Å². The molecule has 1 aliphatic carbocycles. The topological polar surface area (TPSA) is 70.7 Å². The number of hydrogen-bond donors (Lipinski definition) is 2. The van der Waals surface area contributed by atoms with Crippen LogP contribution in [-0.4, -0.2) is 29.7 Å². The van der Waals surface area contributed by atoms with E-state index in [9.17, 15) is 18.0 Å². The number of nitrogens with one attached hydrogen (secondary N) is 1. The maximum atomic E-state index is 14.0. The first-order chi connectivity index (χ1) is 17.7. The Morgan fingerprint density at radius 1 is 1.19 bits per heavy atom. The van der Waals surface area contributed by atoms with Gasteiger partial charge >= 0.3 is 6.18 Å². The van der Waals surface area contributed by atoms with Crippen molar-refractivity contribution >= 4 is 17.3 Å². The van der Waals surface area contributed by atoms with Crippen molar-refractivity contribution in [2.24, 2.45) is 16.6 Å². The Bertz CT molecular complexity index is 1010. The molecule has 1 aromatic carbocycles. The fourth-order valence-corrected chi connectivity index (χ4v) is 4.18. The number of allylic oxidation sites excluding steroid dienone is 6. The quantitative estimate of drug-likeness (QED) is 0.240. The van der Waals surface area contributed by atoms with Crippen molar-refractivity contribution in [3.63, 3.8) is 0 Å². The van der Waals surface area contributed by atoms with Crippen molar-refractivity contribution in [1.82, 2.24) is 4.90 Å². The van der Waals surface area contributed by atoms with E-state index in [1.54, 1.807) is 55.3 Å². The molecule has 1 fully saturated rings. The fraction of sp³-hybridized carbons (Fsp3) is 0.448. The van der Waals surface area contributed by atoms with E-state index in [4.69, 9.17) is 5.73 Å². The molecule has 0 atom stereocenters. The van der Waals surface area contributed by atoms with Crippen LogP contribution >= 0.6 is 0 Å². The summed E-state index contributed by atoms with van der Waals surface area (Å²) in [5, 5.41) is 2.75. The van der Waals surface area contributed by atoms with Crippen molar-refractivity contribution in [2.45, 2.75) is 71.5 Å². The normalized spacial score (nSPS) is 16.5. The van der Waals surface area contributed by atoms with E-state index in [0.29, 0.717) is 12.2 Å². The third-order valence-electron chi connectivity index (χ3n) is 6.11. The summed E-state index contributed by atoms with van der Waals surface area (Å²) in [5.74, 6) is 0.233. The average molecular weight is 517 g/mol. The van der Waals surface area contributed by atoms with Gasteiger partial charge in [-0.15, -0.1) is 0 Å². The monoisotopic (exact) mass is 516 g/mol. The Labute approximate surface area is 218 Å². The number of amides is 1. The zero-order valence-corrected chi connectivity index (χ0v) is 22.0. The number of unbranched alkanes of at least 4 members (excludes halogenated alkanes) is 1. The number of hydrogen-bond acceptors (Lipinski definition) is 4. The first-order valence-electron chi connectivity index (χ1n) is 12.9. The number of halogens is 3. The van der Waals surface area contributed by atoms with Gasteiger partial charge in [0.25, 0.3) is 0 Å². The lowest BCUT2D eigenvalue weighted by molar-refractivity contribution is -0.135. The molecular formula is C29H39F3N4O. The van der Waals surface area contributed by atoms with Crippen molar-refractivity contribution in [3.05, 3.63) is 77.8 Å². The van der Waals surface area contributed by atoms with Crippen LogP contribution in [0.4, 0.5) is 18.9 Å². The fourth-order valence-electron chi connectivity index (χ4n) is 4.18. The SMILES string of the molecule is C\C=C/C(=C\C=C/CCC)/N=C(\C(=C/N)Nc1ccc(CN(C)C(=O)C2CCCCC2)cc1)C(F)(F)F. The summed E-state index contributed by atoms with van der Waals surface area (Å²) in [5.41, 5.74) is 5.61. The summed E-state index contributed by atoms with van der Waals surface area (Å²) in [4.78, 5) is 18.3. The predicted octanol–water partition coefficient (Wildman–Crippen LogP) is 7.26. The molecule has 2 rings (SSSR count). The lowest BCUT2D eigenvalue weighted by Crippen LogP contribution is -2.33. The molecule has 1 amide bonds. The van der Waals surface area contributed by atoms with E-state index in [-0.39, 0.29) is 23.2 Å². The zero-order chi connectivity index (χ0) is 27.3. The van der Waals surface area contributed by atoms with Crippen LogP contribution in [0.3, 0.4) is 0 Å². The second-order valence-electron chi connectivity index (χ2n) is 9.20. The zero-order valence-electron chi connectivity index (χ0n) is 22.0. The summed E-state index contributed by atoms with van der Waals surface area (Å²) in [6, 6.07) is 6.91. The molecule has 8 heteroatoms. The lowest BCUT2D eigenvalue weighted by atomic mass is 9.88. The second kappa shape index (κ2) is 15.1. The molecule has 0 spiro atoms. The van der Waals surface area contributed by atoms with E-state index in [0.717, 1.165) is 50.3 Å². The van der Waals surface area contributed by atoms with Gasteiger partial charge in [-0.25, -0.2) is 4.99 Å². The first kappa shape index (κ1) is 29.9. The molecule has 202 valence electrons. The number of aliphatic imine (C=N–C) groups is 1. The number of carbonyl (C=O) groups excluding carboxylic acids is 1. The number of benzene rings is 1. The highest BCUT2D eigenvalue weighted by Crippen LogP contribution is 2.27. The van der Waals surface area contributed by atoms with Gasteiger partial charge in [-0.3, -0.25) is 4.79 Å². The van der Waals surface area contributed by atoms with Crippen LogP contribution < -0.4 is 11.1 Å². The minimum atomic E-state index is -4.73. The molecule has 0 heterocycles.